The number of amides is 1. The molecule has 1 N–H and O–H groups in total. The van der Waals surface area contributed by atoms with E-state index in [-0.39, 0.29) is 11.8 Å². The van der Waals surface area contributed by atoms with Gasteiger partial charge in [-0.05, 0) is 46.5 Å². The van der Waals surface area contributed by atoms with E-state index in [1.165, 1.54) is 12.0 Å². The molecule has 0 radical (unpaired) electrons. The number of hydrogen-bond acceptors (Lipinski definition) is 3. The van der Waals surface area contributed by atoms with Crippen LogP contribution in [-0.4, -0.2) is 41.6 Å². The number of carboxylic acid groups (broad SMARTS) is 1. The standard InChI is InChI=1S/C14H16BrNO4/c1-8-5-6-16(12(8)14(18)19)13(17)10-7-9(20-2)3-4-11(10)15/h3-4,7-8,12H,5-6H2,1-2H3,(H,18,19). The van der Waals surface area contributed by atoms with E-state index in [9.17, 15) is 14.7 Å². The predicted molar refractivity (Wildman–Crippen MR) is 76.9 cm³/mol. The van der Waals surface area contributed by atoms with E-state index in [1.807, 2.05) is 6.92 Å². The first kappa shape index (κ1) is 14.8. The van der Waals surface area contributed by atoms with Gasteiger partial charge in [-0.1, -0.05) is 6.92 Å². The van der Waals surface area contributed by atoms with Crippen molar-refractivity contribution in [3.8, 4) is 5.75 Å². The number of benzene rings is 1. The summed E-state index contributed by atoms with van der Waals surface area (Å²) in [6.07, 6.45) is 0.699. The number of hydrogen-bond donors (Lipinski definition) is 1. The number of methoxy groups -OCH3 is 1. The maximum Gasteiger partial charge on any atom is 0.326 e. The van der Waals surface area contributed by atoms with Crippen LogP contribution in [0.3, 0.4) is 0 Å². The maximum atomic E-state index is 12.6. The quantitative estimate of drug-likeness (QED) is 0.916. The Morgan fingerprint density at radius 1 is 1.45 bits per heavy atom. The molecule has 1 aromatic rings. The monoisotopic (exact) mass is 341 g/mol. The van der Waals surface area contributed by atoms with Crippen molar-refractivity contribution in [3.05, 3.63) is 28.2 Å². The summed E-state index contributed by atoms with van der Waals surface area (Å²) < 4.78 is 5.74. The molecule has 0 aromatic heterocycles. The molecule has 2 unspecified atom stereocenters. The highest BCUT2D eigenvalue weighted by atomic mass is 79.9. The average molecular weight is 342 g/mol. The van der Waals surface area contributed by atoms with Gasteiger partial charge in [-0.3, -0.25) is 4.79 Å². The zero-order chi connectivity index (χ0) is 14.9. The molecule has 2 atom stereocenters. The summed E-state index contributed by atoms with van der Waals surface area (Å²) in [6, 6.07) is 4.32. The Labute approximate surface area is 125 Å². The van der Waals surface area contributed by atoms with E-state index in [0.717, 1.165) is 0 Å². The lowest BCUT2D eigenvalue weighted by Crippen LogP contribution is -2.42. The number of halogens is 1. The first-order valence-corrected chi connectivity index (χ1v) is 7.12. The Morgan fingerprint density at radius 2 is 2.15 bits per heavy atom. The number of carboxylic acids is 1. The molecule has 0 spiro atoms. The highest BCUT2D eigenvalue weighted by molar-refractivity contribution is 9.10. The Hall–Kier alpha value is -1.56. The van der Waals surface area contributed by atoms with Crippen LogP contribution in [0.2, 0.25) is 0 Å². The summed E-state index contributed by atoms with van der Waals surface area (Å²) in [7, 11) is 1.52. The van der Waals surface area contributed by atoms with E-state index < -0.39 is 12.0 Å². The van der Waals surface area contributed by atoms with Crippen LogP contribution in [0.4, 0.5) is 0 Å². The number of ether oxygens (including phenoxy) is 1. The normalized spacial score (nSPS) is 21.9. The molecular weight excluding hydrogens is 326 g/mol. The third kappa shape index (κ3) is 2.65. The van der Waals surface area contributed by atoms with Gasteiger partial charge in [0.05, 0.1) is 12.7 Å². The van der Waals surface area contributed by atoms with Crippen LogP contribution < -0.4 is 4.74 Å². The third-order valence-corrected chi connectivity index (χ3v) is 4.31. The minimum atomic E-state index is -0.956. The van der Waals surface area contributed by atoms with Gasteiger partial charge in [0.1, 0.15) is 11.8 Å². The molecule has 20 heavy (non-hydrogen) atoms. The van der Waals surface area contributed by atoms with Crippen molar-refractivity contribution in [2.45, 2.75) is 19.4 Å². The largest absolute Gasteiger partial charge is 0.497 e. The van der Waals surface area contributed by atoms with Gasteiger partial charge in [0, 0.05) is 11.0 Å². The fourth-order valence-electron chi connectivity index (χ4n) is 2.50. The fraction of sp³-hybridized carbons (Fsp3) is 0.429. The number of aliphatic carboxylic acids is 1. The van der Waals surface area contributed by atoms with E-state index in [2.05, 4.69) is 15.9 Å². The molecule has 1 heterocycles. The molecule has 0 aliphatic carbocycles. The summed E-state index contributed by atoms with van der Waals surface area (Å²) in [6.45, 7) is 2.31. The van der Waals surface area contributed by atoms with E-state index >= 15 is 0 Å². The first-order chi connectivity index (χ1) is 9.45. The SMILES string of the molecule is COc1ccc(Br)c(C(=O)N2CCC(C)C2C(=O)O)c1. The van der Waals surface area contributed by atoms with Gasteiger partial charge in [-0.25, -0.2) is 4.79 Å². The minimum absolute atomic E-state index is 0.0409. The van der Waals surface area contributed by atoms with Crippen LogP contribution >= 0.6 is 15.9 Å². The highest BCUT2D eigenvalue weighted by Gasteiger charge is 2.40. The van der Waals surface area contributed by atoms with Crippen molar-refractivity contribution < 1.29 is 19.4 Å². The molecule has 1 amide bonds. The van der Waals surface area contributed by atoms with Crippen LogP contribution in [0.5, 0.6) is 5.75 Å². The lowest BCUT2D eigenvalue weighted by atomic mass is 10.0. The van der Waals surface area contributed by atoms with Gasteiger partial charge >= 0.3 is 5.97 Å². The second-order valence-corrected chi connectivity index (χ2v) is 5.75. The first-order valence-electron chi connectivity index (χ1n) is 6.33. The highest BCUT2D eigenvalue weighted by Crippen LogP contribution is 2.29. The Kier molecular flexibility index (Phi) is 4.32. The smallest absolute Gasteiger partial charge is 0.326 e. The van der Waals surface area contributed by atoms with Gasteiger partial charge in [-0.15, -0.1) is 0 Å². The van der Waals surface area contributed by atoms with Crippen LogP contribution in [-0.2, 0) is 4.79 Å². The zero-order valence-corrected chi connectivity index (χ0v) is 12.9. The van der Waals surface area contributed by atoms with Crippen molar-refractivity contribution in [3.63, 3.8) is 0 Å². The van der Waals surface area contributed by atoms with Gasteiger partial charge < -0.3 is 14.7 Å². The topological polar surface area (TPSA) is 66.8 Å². The van der Waals surface area contributed by atoms with Gasteiger partial charge in [0.15, 0.2) is 0 Å². The Balaban J connectivity index is 2.34. The van der Waals surface area contributed by atoms with Crippen molar-refractivity contribution in [1.29, 1.82) is 0 Å². The Bertz CT molecular complexity index is 546. The molecule has 1 fully saturated rings. The van der Waals surface area contributed by atoms with Crippen LogP contribution in [0.15, 0.2) is 22.7 Å². The van der Waals surface area contributed by atoms with Gasteiger partial charge in [-0.2, -0.15) is 0 Å². The van der Waals surface area contributed by atoms with Crippen molar-refractivity contribution in [1.82, 2.24) is 4.90 Å². The number of carbonyl (C=O) groups excluding carboxylic acids is 1. The number of rotatable bonds is 3. The summed E-state index contributed by atoms with van der Waals surface area (Å²) in [4.78, 5) is 25.3. The molecule has 1 aliphatic rings. The van der Waals surface area contributed by atoms with Crippen LogP contribution in [0.1, 0.15) is 23.7 Å². The van der Waals surface area contributed by atoms with E-state index in [1.54, 1.807) is 18.2 Å². The second-order valence-electron chi connectivity index (χ2n) is 4.89. The van der Waals surface area contributed by atoms with Crippen molar-refractivity contribution >= 4 is 27.8 Å². The third-order valence-electron chi connectivity index (χ3n) is 3.62. The van der Waals surface area contributed by atoms with Crippen molar-refractivity contribution in [2.24, 2.45) is 5.92 Å². The molecule has 108 valence electrons. The second kappa shape index (κ2) is 5.83. The number of carbonyl (C=O) groups is 2. The molecule has 2 rings (SSSR count). The van der Waals surface area contributed by atoms with Crippen molar-refractivity contribution in [2.75, 3.05) is 13.7 Å². The summed E-state index contributed by atoms with van der Waals surface area (Å²) in [5, 5.41) is 9.29. The van der Waals surface area contributed by atoms with Gasteiger partial charge in [0.25, 0.3) is 5.91 Å². The molecule has 1 saturated heterocycles. The minimum Gasteiger partial charge on any atom is -0.497 e. The predicted octanol–water partition coefficient (Wildman–Crippen LogP) is 2.39. The molecular formula is C14H16BrNO4. The van der Waals surface area contributed by atoms with E-state index in [0.29, 0.717) is 28.8 Å². The number of nitrogens with zero attached hydrogens (tertiary/aromatic N) is 1. The van der Waals surface area contributed by atoms with Crippen LogP contribution in [0, 0.1) is 5.92 Å². The van der Waals surface area contributed by atoms with Crippen LogP contribution in [0.25, 0.3) is 0 Å². The summed E-state index contributed by atoms with van der Waals surface area (Å²) in [5.74, 6) is -0.716. The fourth-order valence-corrected chi connectivity index (χ4v) is 2.92. The zero-order valence-electron chi connectivity index (χ0n) is 11.3. The summed E-state index contributed by atoms with van der Waals surface area (Å²) in [5.41, 5.74) is 0.421. The summed E-state index contributed by atoms with van der Waals surface area (Å²) >= 11 is 3.33. The molecule has 1 aromatic carbocycles. The van der Waals surface area contributed by atoms with Gasteiger partial charge in [0.2, 0.25) is 0 Å². The maximum absolute atomic E-state index is 12.6. The number of likely N-dealkylation sites (tertiary alicyclic amines) is 1. The molecule has 5 nitrogen and oxygen atoms in total. The average Bonchev–Trinajstić information content (AvgIpc) is 2.80. The Morgan fingerprint density at radius 3 is 2.75 bits per heavy atom. The lowest BCUT2D eigenvalue weighted by Gasteiger charge is -2.24. The lowest BCUT2D eigenvalue weighted by molar-refractivity contribution is -0.142. The molecule has 0 bridgehead atoms. The van der Waals surface area contributed by atoms with E-state index in [4.69, 9.17) is 4.74 Å². The molecule has 1 aliphatic heterocycles. The molecule has 6 heteroatoms. The molecule has 0 saturated carbocycles.